The number of rotatable bonds is 0. The zero-order valence-electron chi connectivity index (χ0n) is 7.90. The molecule has 1 aliphatic rings. The Morgan fingerprint density at radius 1 is 1.50 bits per heavy atom. The van der Waals surface area contributed by atoms with Crippen LogP contribution in [0.4, 0.5) is 5.69 Å². The van der Waals surface area contributed by atoms with E-state index in [1.807, 2.05) is 24.3 Å². The summed E-state index contributed by atoms with van der Waals surface area (Å²) in [6.45, 7) is 2.02. The molecule has 0 aromatic heterocycles. The minimum Gasteiger partial charge on any atom is -0.323 e. The lowest BCUT2D eigenvalue weighted by Crippen LogP contribution is -2.28. The minimum absolute atomic E-state index is 0.0103. The van der Waals surface area contributed by atoms with Gasteiger partial charge in [0.05, 0.1) is 17.9 Å². The standard InChI is InChI=1S/C10H11N3O/c1-7(14)13-6-9(12-11)8-4-2-3-5-10(8)13/h2-5H,6,11H2,1H3. The van der Waals surface area contributed by atoms with E-state index in [4.69, 9.17) is 5.84 Å². The van der Waals surface area contributed by atoms with Gasteiger partial charge in [0.2, 0.25) is 5.91 Å². The van der Waals surface area contributed by atoms with Gasteiger partial charge in [-0.25, -0.2) is 0 Å². The summed E-state index contributed by atoms with van der Waals surface area (Å²) in [5.41, 5.74) is 2.60. The van der Waals surface area contributed by atoms with E-state index in [9.17, 15) is 4.79 Å². The number of amides is 1. The molecule has 4 nitrogen and oxygen atoms in total. The molecule has 72 valence electrons. The van der Waals surface area contributed by atoms with Gasteiger partial charge in [-0.05, 0) is 6.07 Å². The fourth-order valence-electron chi connectivity index (χ4n) is 1.66. The fourth-order valence-corrected chi connectivity index (χ4v) is 1.66. The number of hydrazone groups is 1. The molecule has 0 atom stereocenters. The van der Waals surface area contributed by atoms with Crippen molar-refractivity contribution in [3.05, 3.63) is 29.8 Å². The smallest absolute Gasteiger partial charge is 0.224 e. The predicted octanol–water partition coefficient (Wildman–Crippen LogP) is 0.716. The van der Waals surface area contributed by atoms with Crippen LogP contribution in [0.5, 0.6) is 0 Å². The van der Waals surface area contributed by atoms with E-state index in [0.717, 1.165) is 17.0 Å². The average molecular weight is 189 g/mol. The molecule has 0 fully saturated rings. The molecule has 2 rings (SSSR count). The molecule has 0 spiro atoms. The van der Waals surface area contributed by atoms with Gasteiger partial charge < -0.3 is 10.7 Å². The first-order valence-corrected chi connectivity index (χ1v) is 4.38. The van der Waals surface area contributed by atoms with E-state index in [1.165, 1.54) is 6.92 Å². The SMILES string of the molecule is CC(=O)N1CC(=NN)c2ccccc21. The number of anilines is 1. The molecule has 2 N–H and O–H groups in total. The number of para-hydroxylation sites is 1. The van der Waals surface area contributed by atoms with Crippen molar-refractivity contribution in [2.45, 2.75) is 6.92 Å². The summed E-state index contributed by atoms with van der Waals surface area (Å²) in [4.78, 5) is 13.0. The van der Waals surface area contributed by atoms with Crippen LogP contribution in [-0.2, 0) is 4.79 Å². The van der Waals surface area contributed by atoms with Crippen molar-refractivity contribution in [2.24, 2.45) is 10.9 Å². The molecule has 1 heterocycles. The molecule has 14 heavy (non-hydrogen) atoms. The number of carbonyl (C=O) groups is 1. The molecule has 0 radical (unpaired) electrons. The molecule has 0 bridgehead atoms. The van der Waals surface area contributed by atoms with Crippen molar-refractivity contribution >= 4 is 17.3 Å². The van der Waals surface area contributed by atoms with Crippen molar-refractivity contribution in [3.8, 4) is 0 Å². The van der Waals surface area contributed by atoms with Crippen LogP contribution in [-0.4, -0.2) is 18.2 Å². The molecule has 0 saturated carbocycles. The summed E-state index contributed by atoms with van der Waals surface area (Å²) >= 11 is 0. The summed E-state index contributed by atoms with van der Waals surface area (Å²) in [6, 6.07) is 7.63. The molecule has 1 aromatic rings. The maximum Gasteiger partial charge on any atom is 0.224 e. The lowest BCUT2D eigenvalue weighted by Gasteiger charge is -2.12. The fraction of sp³-hybridized carbons (Fsp3) is 0.200. The lowest BCUT2D eigenvalue weighted by atomic mass is 10.1. The van der Waals surface area contributed by atoms with Crippen LogP contribution in [0, 0.1) is 0 Å². The number of fused-ring (bicyclic) bond motifs is 1. The van der Waals surface area contributed by atoms with Gasteiger partial charge in [0.25, 0.3) is 0 Å². The maximum atomic E-state index is 11.3. The molecule has 0 saturated heterocycles. The Morgan fingerprint density at radius 3 is 2.86 bits per heavy atom. The molecular formula is C10H11N3O. The summed E-state index contributed by atoms with van der Waals surface area (Å²) in [5.74, 6) is 5.27. The molecule has 0 unspecified atom stereocenters. The topological polar surface area (TPSA) is 58.7 Å². The van der Waals surface area contributed by atoms with Gasteiger partial charge in [0, 0.05) is 12.5 Å². The average Bonchev–Trinajstić information content (AvgIpc) is 2.56. The quantitative estimate of drug-likeness (QED) is 0.483. The third kappa shape index (κ3) is 1.16. The van der Waals surface area contributed by atoms with Crippen molar-refractivity contribution < 1.29 is 4.79 Å². The molecule has 4 heteroatoms. The number of nitrogens with two attached hydrogens (primary N) is 1. The van der Waals surface area contributed by atoms with Crippen LogP contribution in [0.1, 0.15) is 12.5 Å². The second-order valence-electron chi connectivity index (χ2n) is 3.20. The van der Waals surface area contributed by atoms with Gasteiger partial charge in [-0.2, -0.15) is 5.10 Å². The first-order valence-electron chi connectivity index (χ1n) is 4.38. The number of nitrogens with zero attached hydrogens (tertiary/aromatic N) is 2. The highest BCUT2D eigenvalue weighted by molar-refractivity contribution is 6.17. The van der Waals surface area contributed by atoms with Crippen LogP contribution < -0.4 is 10.7 Å². The Bertz CT molecular complexity index is 412. The van der Waals surface area contributed by atoms with Gasteiger partial charge in [-0.3, -0.25) is 4.79 Å². The highest BCUT2D eigenvalue weighted by Crippen LogP contribution is 2.27. The van der Waals surface area contributed by atoms with E-state index >= 15 is 0 Å². The monoisotopic (exact) mass is 189 g/mol. The van der Waals surface area contributed by atoms with Crippen molar-refractivity contribution in [3.63, 3.8) is 0 Å². The lowest BCUT2D eigenvalue weighted by molar-refractivity contribution is -0.116. The van der Waals surface area contributed by atoms with E-state index < -0.39 is 0 Å². The maximum absolute atomic E-state index is 11.3. The molecule has 1 aliphatic heterocycles. The number of hydrogen-bond acceptors (Lipinski definition) is 3. The van der Waals surface area contributed by atoms with Crippen LogP contribution in [0.2, 0.25) is 0 Å². The van der Waals surface area contributed by atoms with Gasteiger partial charge in [0.1, 0.15) is 0 Å². The van der Waals surface area contributed by atoms with E-state index in [2.05, 4.69) is 5.10 Å². The van der Waals surface area contributed by atoms with Crippen LogP contribution >= 0.6 is 0 Å². The highest BCUT2D eigenvalue weighted by Gasteiger charge is 2.26. The number of benzene rings is 1. The first-order chi connectivity index (χ1) is 6.74. The predicted molar refractivity (Wildman–Crippen MR) is 55.2 cm³/mol. The molecular weight excluding hydrogens is 178 g/mol. The zero-order chi connectivity index (χ0) is 10.1. The van der Waals surface area contributed by atoms with Gasteiger partial charge in [-0.1, -0.05) is 18.2 Å². The Hall–Kier alpha value is -1.84. The normalized spacial score (nSPS) is 17.2. The first kappa shape index (κ1) is 8.74. The molecule has 0 aliphatic carbocycles. The van der Waals surface area contributed by atoms with Gasteiger partial charge in [0.15, 0.2) is 0 Å². The van der Waals surface area contributed by atoms with Crippen molar-refractivity contribution in [1.29, 1.82) is 0 Å². The summed E-state index contributed by atoms with van der Waals surface area (Å²) < 4.78 is 0. The number of carbonyl (C=O) groups excluding carboxylic acids is 1. The molecule has 1 aromatic carbocycles. The van der Waals surface area contributed by atoms with Gasteiger partial charge in [-0.15, -0.1) is 0 Å². The van der Waals surface area contributed by atoms with E-state index in [0.29, 0.717) is 6.54 Å². The third-order valence-corrected chi connectivity index (χ3v) is 2.35. The Labute approximate surface area is 82.0 Å². The Kier molecular flexibility index (Phi) is 1.96. The summed E-state index contributed by atoms with van der Waals surface area (Å²) in [5, 5.41) is 3.68. The van der Waals surface area contributed by atoms with Crippen LogP contribution in [0.3, 0.4) is 0 Å². The Morgan fingerprint density at radius 2 is 2.21 bits per heavy atom. The second-order valence-corrected chi connectivity index (χ2v) is 3.20. The Balaban J connectivity index is 2.54. The summed E-state index contributed by atoms with van der Waals surface area (Å²) in [7, 11) is 0. The van der Waals surface area contributed by atoms with Crippen molar-refractivity contribution in [1.82, 2.24) is 0 Å². The second kappa shape index (κ2) is 3.14. The van der Waals surface area contributed by atoms with Crippen molar-refractivity contribution in [2.75, 3.05) is 11.4 Å². The van der Waals surface area contributed by atoms with E-state index in [1.54, 1.807) is 4.90 Å². The number of hydrogen-bond donors (Lipinski definition) is 1. The zero-order valence-corrected chi connectivity index (χ0v) is 7.90. The largest absolute Gasteiger partial charge is 0.323 e. The van der Waals surface area contributed by atoms with Crippen LogP contribution in [0.15, 0.2) is 29.4 Å². The van der Waals surface area contributed by atoms with E-state index in [-0.39, 0.29) is 5.91 Å². The third-order valence-electron chi connectivity index (χ3n) is 2.35. The molecule has 1 amide bonds. The van der Waals surface area contributed by atoms with Gasteiger partial charge >= 0.3 is 0 Å². The summed E-state index contributed by atoms with van der Waals surface area (Å²) in [6.07, 6.45) is 0. The highest BCUT2D eigenvalue weighted by atomic mass is 16.2. The van der Waals surface area contributed by atoms with Crippen LogP contribution in [0.25, 0.3) is 0 Å². The minimum atomic E-state index is 0.0103.